The normalized spacial score (nSPS) is 17.5. The van der Waals surface area contributed by atoms with E-state index in [2.05, 4.69) is 25.2 Å². The van der Waals surface area contributed by atoms with Crippen LogP contribution in [0.4, 0.5) is 11.6 Å². The molecule has 0 aliphatic carbocycles. The second-order valence-corrected chi connectivity index (χ2v) is 6.42. The van der Waals surface area contributed by atoms with Crippen molar-refractivity contribution in [2.75, 3.05) is 44.1 Å². The van der Waals surface area contributed by atoms with E-state index in [9.17, 15) is 0 Å². The molecule has 27 heavy (non-hydrogen) atoms. The molecule has 0 amide bonds. The molecule has 8 nitrogen and oxygen atoms in total. The minimum Gasteiger partial charge on any atom is -0.493 e. The third-order valence-electron chi connectivity index (χ3n) is 4.53. The summed E-state index contributed by atoms with van der Waals surface area (Å²) in [5, 5.41) is 3.10. The molecular formula is C19H26N6O2. The zero-order valence-corrected chi connectivity index (χ0v) is 15.8. The van der Waals surface area contributed by atoms with Crippen molar-refractivity contribution >= 4 is 17.6 Å². The Bertz CT molecular complexity index is 768. The third-order valence-corrected chi connectivity index (χ3v) is 4.53. The van der Waals surface area contributed by atoms with Gasteiger partial charge in [0.1, 0.15) is 0 Å². The lowest BCUT2D eigenvalue weighted by Crippen LogP contribution is -2.38. The van der Waals surface area contributed by atoms with Gasteiger partial charge in [0, 0.05) is 43.8 Å². The average molecular weight is 370 g/mol. The molecular weight excluding hydrogens is 344 g/mol. The van der Waals surface area contributed by atoms with E-state index in [1.165, 1.54) is 0 Å². The summed E-state index contributed by atoms with van der Waals surface area (Å²) >= 11 is 0. The summed E-state index contributed by atoms with van der Waals surface area (Å²) in [6, 6.07) is 7.36. The SMILES string of the molecule is COc1ccc(NC(N)=NCC2CCCN(c3ncccn3)C2)cc1OC. The number of aromatic nitrogens is 2. The van der Waals surface area contributed by atoms with Crippen LogP contribution in [0.1, 0.15) is 12.8 Å². The second kappa shape index (κ2) is 9.07. The van der Waals surface area contributed by atoms with Gasteiger partial charge in [-0.1, -0.05) is 0 Å². The Kier molecular flexibility index (Phi) is 6.30. The zero-order chi connectivity index (χ0) is 19.1. The summed E-state index contributed by atoms with van der Waals surface area (Å²) in [5.74, 6) is 2.90. The first-order chi connectivity index (χ1) is 13.2. The largest absolute Gasteiger partial charge is 0.493 e. The van der Waals surface area contributed by atoms with Gasteiger partial charge in [0.05, 0.1) is 14.2 Å². The van der Waals surface area contributed by atoms with Crippen molar-refractivity contribution < 1.29 is 9.47 Å². The molecule has 0 spiro atoms. The number of benzene rings is 1. The van der Waals surface area contributed by atoms with Gasteiger partial charge >= 0.3 is 0 Å². The standard InChI is InChI=1S/C19H26N6O2/c1-26-16-7-6-15(11-17(16)27-2)24-18(20)23-12-14-5-3-10-25(13-14)19-21-8-4-9-22-19/h4,6-9,11,14H,3,5,10,12-13H2,1-2H3,(H3,20,23,24). The van der Waals surface area contributed by atoms with Gasteiger partial charge in [-0.3, -0.25) is 4.99 Å². The molecule has 8 heteroatoms. The molecule has 2 heterocycles. The number of methoxy groups -OCH3 is 2. The molecule has 1 atom stereocenters. The van der Waals surface area contributed by atoms with E-state index < -0.39 is 0 Å². The van der Waals surface area contributed by atoms with Gasteiger partial charge < -0.3 is 25.4 Å². The minimum atomic E-state index is 0.385. The van der Waals surface area contributed by atoms with Crippen LogP contribution in [0.15, 0.2) is 41.7 Å². The maximum atomic E-state index is 6.06. The maximum Gasteiger partial charge on any atom is 0.225 e. The van der Waals surface area contributed by atoms with Gasteiger partial charge in [0.2, 0.25) is 5.95 Å². The first-order valence-electron chi connectivity index (χ1n) is 9.00. The second-order valence-electron chi connectivity index (χ2n) is 6.42. The highest BCUT2D eigenvalue weighted by atomic mass is 16.5. The summed E-state index contributed by atoms with van der Waals surface area (Å²) in [4.78, 5) is 15.4. The van der Waals surface area contributed by atoms with Crippen LogP contribution in [0.5, 0.6) is 11.5 Å². The molecule has 2 aromatic rings. The van der Waals surface area contributed by atoms with Crippen LogP contribution in [0, 0.1) is 5.92 Å². The molecule has 1 aromatic heterocycles. The number of aliphatic imine (C=N–C) groups is 1. The molecule has 1 fully saturated rings. The first kappa shape index (κ1) is 18.8. The van der Waals surface area contributed by atoms with Crippen LogP contribution in [0.25, 0.3) is 0 Å². The Morgan fingerprint density at radius 1 is 1.26 bits per heavy atom. The number of anilines is 2. The number of ether oxygens (including phenoxy) is 2. The van der Waals surface area contributed by atoms with Crippen LogP contribution >= 0.6 is 0 Å². The highest BCUT2D eigenvalue weighted by Gasteiger charge is 2.21. The van der Waals surface area contributed by atoms with Crippen molar-refractivity contribution in [3.8, 4) is 11.5 Å². The van der Waals surface area contributed by atoms with Gasteiger partial charge in [0.15, 0.2) is 17.5 Å². The molecule has 144 valence electrons. The Morgan fingerprint density at radius 2 is 2.04 bits per heavy atom. The van der Waals surface area contributed by atoms with Crippen LogP contribution < -0.4 is 25.4 Å². The first-order valence-corrected chi connectivity index (χ1v) is 9.00. The van der Waals surface area contributed by atoms with Gasteiger partial charge in [0.25, 0.3) is 0 Å². The van der Waals surface area contributed by atoms with Crippen molar-refractivity contribution in [3.63, 3.8) is 0 Å². The number of guanidine groups is 1. The van der Waals surface area contributed by atoms with Crippen LogP contribution in [0.3, 0.4) is 0 Å². The molecule has 0 radical (unpaired) electrons. The number of nitrogens with two attached hydrogens (primary N) is 1. The smallest absolute Gasteiger partial charge is 0.225 e. The average Bonchev–Trinajstić information content (AvgIpc) is 2.73. The lowest BCUT2D eigenvalue weighted by Gasteiger charge is -2.31. The lowest BCUT2D eigenvalue weighted by molar-refractivity contribution is 0.355. The van der Waals surface area contributed by atoms with E-state index in [1.807, 2.05) is 24.3 Å². The number of piperidine rings is 1. The topological polar surface area (TPSA) is 97.9 Å². The van der Waals surface area contributed by atoms with Gasteiger partial charge in [-0.25, -0.2) is 9.97 Å². The van der Waals surface area contributed by atoms with Crippen molar-refractivity contribution in [1.82, 2.24) is 9.97 Å². The van der Waals surface area contributed by atoms with E-state index in [-0.39, 0.29) is 0 Å². The molecule has 1 aliphatic rings. The molecule has 0 saturated carbocycles. The van der Waals surface area contributed by atoms with Crippen molar-refractivity contribution in [1.29, 1.82) is 0 Å². The molecule has 1 aromatic carbocycles. The highest BCUT2D eigenvalue weighted by Crippen LogP contribution is 2.29. The van der Waals surface area contributed by atoms with Crippen LogP contribution in [-0.2, 0) is 0 Å². The number of nitrogens with one attached hydrogen (secondary N) is 1. The van der Waals surface area contributed by atoms with Crippen LogP contribution in [0.2, 0.25) is 0 Å². The molecule has 1 unspecified atom stereocenters. The van der Waals surface area contributed by atoms with E-state index in [0.717, 1.165) is 37.6 Å². The van der Waals surface area contributed by atoms with Crippen molar-refractivity contribution in [2.45, 2.75) is 12.8 Å². The zero-order valence-electron chi connectivity index (χ0n) is 15.8. The molecule has 1 aliphatic heterocycles. The fourth-order valence-corrected chi connectivity index (χ4v) is 3.18. The fraction of sp³-hybridized carbons (Fsp3) is 0.421. The summed E-state index contributed by atoms with van der Waals surface area (Å²) in [6.45, 7) is 2.52. The van der Waals surface area contributed by atoms with E-state index >= 15 is 0 Å². The van der Waals surface area contributed by atoms with E-state index in [4.69, 9.17) is 15.2 Å². The monoisotopic (exact) mass is 370 g/mol. The quantitative estimate of drug-likeness (QED) is 0.594. The summed E-state index contributed by atoms with van der Waals surface area (Å²) in [6.07, 6.45) is 5.77. The van der Waals surface area contributed by atoms with Gasteiger partial charge in [-0.15, -0.1) is 0 Å². The Hall–Kier alpha value is -3.03. The fourth-order valence-electron chi connectivity index (χ4n) is 3.18. The summed E-state index contributed by atoms with van der Waals surface area (Å²) < 4.78 is 10.5. The van der Waals surface area contributed by atoms with Crippen molar-refractivity contribution in [3.05, 3.63) is 36.7 Å². The van der Waals surface area contributed by atoms with Crippen LogP contribution in [-0.4, -0.2) is 49.8 Å². The van der Waals surface area contributed by atoms with E-state index in [0.29, 0.717) is 29.9 Å². The number of rotatable bonds is 6. The molecule has 0 bridgehead atoms. The molecule has 3 N–H and O–H groups in total. The summed E-state index contributed by atoms with van der Waals surface area (Å²) in [5.41, 5.74) is 6.86. The van der Waals surface area contributed by atoms with Gasteiger partial charge in [-0.05, 0) is 37.0 Å². The van der Waals surface area contributed by atoms with Gasteiger partial charge in [-0.2, -0.15) is 0 Å². The predicted octanol–water partition coefficient (Wildman–Crippen LogP) is 2.14. The number of hydrogen-bond donors (Lipinski definition) is 2. The third kappa shape index (κ3) is 4.99. The van der Waals surface area contributed by atoms with E-state index in [1.54, 1.807) is 26.6 Å². The Morgan fingerprint density at radius 3 is 2.78 bits per heavy atom. The summed E-state index contributed by atoms with van der Waals surface area (Å²) in [7, 11) is 3.21. The highest BCUT2D eigenvalue weighted by molar-refractivity contribution is 5.92. The Labute approximate surface area is 159 Å². The number of nitrogens with zero attached hydrogens (tertiary/aromatic N) is 4. The minimum absolute atomic E-state index is 0.385. The van der Waals surface area contributed by atoms with Crippen molar-refractivity contribution in [2.24, 2.45) is 16.6 Å². The predicted molar refractivity (Wildman–Crippen MR) is 107 cm³/mol. The lowest BCUT2D eigenvalue weighted by atomic mass is 9.98. The molecule has 1 saturated heterocycles. The number of hydrogen-bond acceptors (Lipinski definition) is 6. The Balaban J connectivity index is 1.57. The molecule has 3 rings (SSSR count). The maximum absolute atomic E-state index is 6.06.